The Kier molecular flexibility index (Phi) is 6.39. The number of hydrogen-bond acceptors (Lipinski definition) is 2. The SMILES string of the molecule is C#CCN(C)Cc1ccc(CNCCC)cc1. The fourth-order valence-electron chi connectivity index (χ4n) is 1.70. The molecule has 1 N–H and O–H groups in total. The van der Waals surface area contributed by atoms with Crippen LogP contribution in [-0.4, -0.2) is 25.0 Å². The molecule has 0 atom stereocenters. The van der Waals surface area contributed by atoms with E-state index in [1.807, 2.05) is 7.05 Å². The first-order valence-electron chi connectivity index (χ1n) is 6.16. The first-order valence-corrected chi connectivity index (χ1v) is 6.16. The third-order valence-corrected chi connectivity index (χ3v) is 2.59. The minimum absolute atomic E-state index is 0.694. The molecule has 2 nitrogen and oxygen atoms in total. The molecule has 0 aliphatic carbocycles. The van der Waals surface area contributed by atoms with Gasteiger partial charge >= 0.3 is 0 Å². The highest BCUT2D eigenvalue weighted by atomic mass is 15.1. The van der Waals surface area contributed by atoms with Gasteiger partial charge in [0.1, 0.15) is 0 Å². The van der Waals surface area contributed by atoms with E-state index in [1.165, 1.54) is 17.5 Å². The lowest BCUT2D eigenvalue weighted by Gasteiger charge is -2.13. The number of rotatable bonds is 7. The molecule has 0 bridgehead atoms. The molecule has 0 saturated carbocycles. The molecule has 0 aromatic heterocycles. The van der Waals surface area contributed by atoms with Gasteiger partial charge in [0.2, 0.25) is 0 Å². The quantitative estimate of drug-likeness (QED) is 0.571. The van der Waals surface area contributed by atoms with E-state index in [1.54, 1.807) is 0 Å². The average molecular weight is 230 g/mol. The number of nitrogens with one attached hydrogen (secondary N) is 1. The van der Waals surface area contributed by atoms with Gasteiger partial charge in [-0.3, -0.25) is 4.90 Å². The second kappa shape index (κ2) is 7.89. The maximum atomic E-state index is 5.28. The van der Waals surface area contributed by atoms with Crippen LogP contribution in [0.3, 0.4) is 0 Å². The standard InChI is InChI=1S/C15H22N2/c1-4-10-16-12-14-6-8-15(9-7-14)13-17(3)11-5-2/h2,6-9,16H,4,10-13H2,1,3H3. The smallest absolute Gasteiger partial charge is 0.0599 e. The zero-order chi connectivity index (χ0) is 12.5. The van der Waals surface area contributed by atoms with E-state index in [2.05, 4.69) is 47.3 Å². The molecule has 2 heteroatoms. The van der Waals surface area contributed by atoms with E-state index in [-0.39, 0.29) is 0 Å². The molecule has 0 fully saturated rings. The minimum atomic E-state index is 0.694. The number of nitrogens with zero attached hydrogens (tertiary/aromatic N) is 1. The Hall–Kier alpha value is -1.30. The number of hydrogen-bond donors (Lipinski definition) is 1. The normalized spacial score (nSPS) is 10.5. The van der Waals surface area contributed by atoms with Crippen molar-refractivity contribution in [1.82, 2.24) is 10.2 Å². The van der Waals surface area contributed by atoms with Crippen molar-refractivity contribution in [2.24, 2.45) is 0 Å². The first kappa shape index (κ1) is 13.8. The van der Waals surface area contributed by atoms with Crippen molar-refractivity contribution in [1.29, 1.82) is 0 Å². The molecule has 92 valence electrons. The summed E-state index contributed by atoms with van der Waals surface area (Å²) in [7, 11) is 2.04. The molecule has 0 aliphatic heterocycles. The summed E-state index contributed by atoms with van der Waals surface area (Å²) in [5.74, 6) is 2.65. The van der Waals surface area contributed by atoms with Crippen molar-refractivity contribution in [3.05, 3.63) is 35.4 Å². The monoisotopic (exact) mass is 230 g/mol. The zero-order valence-corrected chi connectivity index (χ0v) is 10.9. The predicted octanol–water partition coefficient (Wildman–Crippen LogP) is 2.25. The van der Waals surface area contributed by atoms with Gasteiger partial charge in [-0.1, -0.05) is 37.1 Å². The van der Waals surface area contributed by atoms with Crippen LogP contribution in [0.25, 0.3) is 0 Å². The molecule has 1 aromatic carbocycles. The Balaban J connectivity index is 2.42. The third kappa shape index (κ3) is 5.53. The summed E-state index contributed by atoms with van der Waals surface area (Å²) >= 11 is 0. The van der Waals surface area contributed by atoms with Crippen molar-refractivity contribution >= 4 is 0 Å². The summed E-state index contributed by atoms with van der Waals surface area (Å²) in [4.78, 5) is 2.13. The van der Waals surface area contributed by atoms with Gasteiger partial charge in [0.05, 0.1) is 6.54 Å². The topological polar surface area (TPSA) is 15.3 Å². The van der Waals surface area contributed by atoms with Gasteiger partial charge in [0.25, 0.3) is 0 Å². The molecule has 0 unspecified atom stereocenters. The van der Waals surface area contributed by atoms with Crippen molar-refractivity contribution in [3.8, 4) is 12.3 Å². The molecule has 1 rings (SSSR count). The van der Waals surface area contributed by atoms with Crippen molar-refractivity contribution in [2.75, 3.05) is 20.1 Å². The fourth-order valence-corrected chi connectivity index (χ4v) is 1.70. The van der Waals surface area contributed by atoms with Crippen LogP contribution in [0, 0.1) is 12.3 Å². The van der Waals surface area contributed by atoms with Crippen LogP contribution in [0.4, 0.5) is 0 Å². The zero-order valence-electron chi connectivity index (χ0n) is 10.9. The maximum absolute atomic E-state index is 5.28. The van der Waals surface area contributed by atoms with Crippen LogP contribution in [0.15, 0.2) is 24.3 Å². The summed E-state index contributed by atoms with van der Waals surface area (Å²) < 4.78 is 0. The predicted molar refractivity (Wildman–Crippen MR) is 73.6 cm³/mol. The maximum Gasteiger partial charge on any atom is 0.0599 e. The number of benzene rings is 1. The summed E-state index contributed by atoms with van der Waals surface area (Å²) in [6.45, 7) is 5.81. The van der Waals surface area contributed by atoms with Crippen LogP contribution in [0.5, 0.6) is 0 Å². The van der Waals surface area contributed by atoms with Crippen LogP contribution >= 0.6 is 0 Å². The van der Waals surface area contributed by atoms with Gasteiger partial charge in [0, 0.05) is 13.1 Å². The Morgan fingerprint density at radius 1 is 1.24 bits per heavy atom. The summed E-state index contributed by atoms with van der Waals surface area (Å²) in [6, 6.07) is 8.72. The van der Waals surface area contributed by atoms with E-state index in [0.717, 1.165) is 19.6 Å². The van der Waals surface area contributed by atoms with Gasteiger partial charge < -0.3 is 5.32 Å². The lowest BCUT2D eigenvalue weighted by Crippen LogP contribution is -2.18. The van der Waals surface area contributed by atoms with Gasteiger partial charge in [-0.05, 0) is 31.1 Å². The van der Waals surface area contributed by atoms with E-state index < -0.39 is 0 Å². The summed E-state index contributed by atoms with van der Waals surface area (Å²) in [6.07, 6.45) is 6.45. The summed E-state index contributed by atoms with van der Waals surface area (Å²) in [5, 5.41) is 3.39. The van der Waals surface area contributed by atoms with Gasteiger partial charge in [-0.25, -0.2) is 0 Å². The average Bonchev–Trinajstić information content (AvgIpc) is 2.32. The molecular formula is C15H22N2. The lowest BCUT2D eigenvalue weighted by atomic mass is 10.1. The Bertz CT molecular complexity index is 348. The third-order valence-electron chi connectivity index (χ3n) is 2.59. The second-order valence-electron chi connectivity index (χ2n) is 4.37. The molecule has 17 heavy (non-hydrogen) atoms. The Morgan fingerprint density at radius 2 is 1.88 bits per heavy atom. The molecule has 0 heterocycles. The van der Waals surface area contributed by atoms with Crippen LogP contribution in [0.1, 0.15) is 24.5 Å². The minimum Gasteiger partial charge on any atom is -0.313 e. The van der Waals surface area contributed by atoms with E-state index >= 15 is 0 Å². The highest BCUT2D eigenvalue weighted by Crippen LogP contribution is 2.06. The van der Waals surface area contributed by atoms with Crippen LogP contribution in [0.2, 0.25) is 0 Å². The van der Waals surface area contributed by atoms with E-state index in [0.29, 0.717) is 6.54 Å². The largest absolute Gasteiger partial charge is 0.313 e. The molecular weight excluding hydrogens is 208 g/mol. The Labute approximate surface area is 105 Å². The fraction of sp³-hybridized carbons (Fsp3) is 0.467. The van der Waals surface area contributed by atoms with Gasteiger partial charge in [-0.15, -0.1) is 6.42 Å². The molecule has 0 amide bonds. The molecule has 0 radical (unpaired) electrons. The lowest BCUT2D eigenvalue weighted by molar-refractivity contribution is 0.369. The van der Waals surface area contributed by atoms with Crippen molar-refractivity contribution in [3.63, 3.8) is 0 Å². The van der Waals surface area contributed by atoms with E-state index in [9.17, 15) is 0 Å². The first-order chi connectivity index (χ1) is 8.26. The highest BCUT2D eigenvalue weighted by molar-refractivity contribution is 5.22. The van der Waals surface area contributed by atoms with Crippen molar-refractivity contribution in [2.45, 2.75) is 26.4 Å². The summed E-state index contributed by atoms with van der Waals surface area (Å²) in [5.41, 5.74) is 2.64. The van der Waals surface area contributed by atoms with Crippen LogP contribution in [-0.2, 0) is 13.1 Å². The number of terminal acetylenes is 1. The second-order valence-corrected chi connectivity index (χ2v) is 4.37. The molecule has 0 spiro atoms. The highest BCUT2D eigenvalue weighted by Gasteiger charge is 1.98. The van der Waals surface area contributed by atoms with E-state index in [4.69, 9.17) is 6.42 Å². The molecule has 0 aliphatic rings. The Morgan fingerprint density at radius 3 is 2.47 bits per heavy atom. The van der Waals surface area contributed by atoms with Crippen molar-refractivity contribution < 1.29 is 0 Å². The van der Waals surface area contributed by atoms with Gasteiger partial charge in [0.15, 0.2) is 0 Å². The molecule has 0 saturated heterocycles. The molecule has 1 aromatic rings. The van der Waals surface area contributed by atoms with Gasteiger partial charge in [-0.2, -0.15) is 0 Å². The van der Waals surface area contributed by atoms with Crippen LogP contribution < -0.4 is 5.32 Å².